The van der Waals surface area contributed by atoms with Gasteiger partial charge in [0, 0.05) is 17.6 Å². The normalized spacial score (nSPS) is 10.2. The summed E-state index contributed by atoms with van der Waals surface area (Å²) in [5.41, 5.74) is 1.43. The minimum atomic E-state index is -0.310. The topological polar surface area (TPSA) is 71.1 Å². The summed E-state index contributed by atoms with van der Waals surface area (Å²) >= 11 is 6.85. The molecule has 1 aromatic carbocycles. The van der Waals surface area contributed by atoms with Crippen molar-refractivity contribution >= 4 is 39.9 Å². The number of halogens is 1. The molecule has 0 bridgehead atoms. The summed E-state index contributed by atoms with van der Waals surface area (Å²) in [5, 5.41) is 6.21. The van der Waals surface area contributed by atoms with Crippen molar-refractivity contribution in [3.8, 4) is 0 Å². The standard InChI is InChI=1S/C13H12ClN3O2S/c1-7-10(12(19)15-2)13(20-17-7)16-11(18)8-3-5-9(14)6-4-8/h3-6H,1-2H3,(H,15,19)(H,16,18). The lowest BCUT2D eigenvalue weighted by atomic mass is 10.2. The predicted octanol–water partition coefficient (Wildman–Crippen LogP) is 2.72. The number of amides is 2. The summed E-state index contributed by atoms with van der Waals surface area (Å²) < 4.78 is 4.09. The fourth-order valence-corrected chi connectivity index (χ4v) is 2.54. The lowest BCUT2D eigenvalue weighted by molar-refractivity contribution is 0.0963. The molecule has 0 aliphatic rings. The van der Waals surface area contributed by atoms with Gasteiger partial charge in [-0.25, -0.2) is 0 Å². The Kier molecular flexibility index (Phi) is 4.36. The first-order valence-electron chi connectivity index (χ1n) is 5.78. The van der Waals surface area contributed by atoms with E-state index in [2.05, 4.69) is 15.0 Å². The van der Waals surface area contributed by atoms with E-state index in [1.54, 1.807) is 31.2 Å². The first kappa shape index (κ1) is 14.5. The van der Waals surface area contributed by atoms with E-state index in [0.717, 1.165) is 11.5 Å². The maximum Gasteiger partial charge on any atom is 0.256 e. The van der Waals surface area contributed by atoms with Crippen LogP contribution in [-0.2, 0) is 0 Å². The smallest absolute Gasteiger partial charge is 0.256 e. The fourth-order valence-electron chi connectivity index (χ4n) is 1.62. The summed E-state index contributed by atoms with van der Waals surface area (Å²) in [7, 11) is 1.53. The molecule has 0 fully saturated rings. The second kappa shape index (κ2) is 6.02. The van der Waals surface area contributed by atoms with E-state index in [1.807, 2.05) is 0 Å². The Morgan fingerprint density at radius 3 is 2.45 bits per heavy atom. The lowest BCUT2D eigenvalue weighted by Gasteiger charge is -2.05. The largest absolute Gasteiger partial charge is 0.355 e. The van der Waals surface area contributed by atoms with E-state index in [9.17, 15) is 9.59 Å². The number of aromatic nitrogens is 1. The summed E-state index contributed by atoms with van der Waals surface area (Å²) in [6.07, 6.45) is 0. The maximum atomic E-state index is 12.1. The van der Waals surface area contributed by atoms with Gasteiger partial charge in [-0.05, 0) is 42.7 Å². The number of benzene rings is 1. The van der Waals surface area contributed by atoms with Crippen molar-refractivity contribution in [3.05, 3.63) is 46.1 Å². The zero-order valence-electron chi connectivity index (χ0n) is 10.9. The van der Waals surface area contributed by atoms with Crippen molar-refractivity contribution in [3.63, 3.8) is 0 Å². The van der Waals surface area contributed by atoms with Crippen LogP contribution in [0.2, 0.25) is 5.02 Å². The van der Waals surface area contributed by atoms with Crippen molar-refractivity contribution in [2.45, 2.75) is 6.92 Å². The number of anilines is 1. The Morgan fingerprint density at radius 1 is 1.20 bits per heavy atom. The highest BCUT2D eigenvalue weighted by Crippen LogP contribution is 2.25. The number of aryl methyl sites for hydroxylation is 1. The molecular formula is C13H12ClN3O2S. The van der Waals surface area contributed by atoms with Crippen LogP contribution in [0, 0.1) is 6.92 Å². The molecule has 0 aliphatic heterocycles. The third kappa shape index (κ3) is 2.97. The van der Waals surface area contributed by atoms with E-state index in [4.69, 9.17) is 11.6 Å². The monoisotopic (exact) mass is 309 g/mol. The Labute approximate surface area is 125 Å². The molecule has 1 heterocycles. The van der Waals surface area contributed by atoms with Crippen molar-refractivity contribution < 1.29 is 9.59 Å². The van der Waals surface area contributed by atoms with Crippen LogP contribution >= 0.6 is 23.1 Å². The van der Waals surface area contributed by atoms with Gasteiger partial charge in [0.25, 0.3) is 11.8 Å². The zero-order valence-corrected chi connectivity index (χ0v) is 12.4. The minimum Gasteiger partial charge on any atom is -0.355 e. The summed E-state index contributed by atoms with van der Waals surface area (Å²) in [6, 6.07) is 6.50. The van der Waals surface area contributed by atoms with Gasteiger partial charge in [0.1, 0.15) is 5.00 Å². The number of nitrogens with zero attached hydrogens (tertiary/aromatic N) is 1. The Balaban J connectivity index is 2.24. The molecule has 20 heavy (non-hydrogen) atoms. The maximum absolute atomic E-state index is 12.1. The second-order valence-electron chi connectivity index (χ2n) is 4.01. The van der Waals surface area contributed by atoms with Crippen LogP contribution < -0.4 is 10.6 Å². The van der Waals surface area contributed by atoms with Crippen LogP contribution in [0.15, 0.2) is 24.3 Å². The van der Waals surface area contributed by atoms with Gasteiger partial charge in [-0.15, -0.1) is 0 Å². The number of hydrogen-bond donors (Lipinski definition) is 2. The van der Waals surface area contributed by atoms with Gasteiger partial charge in [0.2, 0.25) is 0 Å². The molecule has 2 amide bonds. The lowest BCUT2D eigenvalue weighted by Crippen LogP contribution is -2.21. The number of carbonyl (C=O) groups is 2. The van der Waals surface area contributed by atoms with Crippen LogP contribution in [0.5, 0.6) is 0 Å². The molecule has 104 valence electrons. The zero-order chi connectivity index (χ0) is 14.7. The first-order valence-corrected chi connectivity index (χ1v) is 6.93. The van der Waals surface area contributed by atoms with E-state index >= 15 is 0 Å². The van der Waals surface area contributed by atoms with Crippen molar-refractivity contribution in [2.75, 3.05) is 12.4 Å². The van der Waals surface area contributed by atoms with Crippen molar-refractivity contribution in [2.24, 2.45) is 0 Å². The molecule has 2 aromatic rings. The SMILES string of the molecule is CNC(=O)c1c(C)nsc1NC(=O)c1ccc(Cl)cc1. The number of hydrogen-bond acceptors (Lipinski definition) is 4. The van der Waals surface area contributed by atoms with Crippen molar-refractivity contribution in [1.29, 1.82) is 0 Å². The minimum absolute atomic E-state index is 0.275. The highest BCUT2D eigenvalue weighted by atomic mass is 35.5. The molecule has 2 rings (SSSR count). The van der Waals surface area contributed by atoms with Gasteiger partial charge in [0.05, 0.1) is 11.3 Å². The molecule has 2 N–H and O–H groups in total. The average molecular weight is 310 g/mol. The van der Waals surface area contributed by atoms with Crippen molar-refractivity contribution in [1.82, 2.24) is 9.69 Å². The van der Waals surface area contributed by atoms with Crippen LogP contribution in [0.1, 0.15) is 26.4 Å². The van der Waals surface area contributed by atoms with Gasteiger partial charge >= 0.3 is 0 Å². The highest BCUT2D eigenvalue weighted by molar-refractivity contribution is 7.11. The summed E-state index contributed by atoms with van der Waals surface area (Å²) in [6.45, 7) is 1.72. The Bertz CT molecular complexity index is 652. The van der Waals surface area contributed by atoms with Crippen LogP contribution in [0.3, 0.4) is 0 Å². The van der Waals surface area contributed by atoms with Crippen LogP contribution in [-0.4, -0.2) is 23.2 Å². The van der Waals surface area contributed by atoms with Crippen LogP contribution in [0.25, 0.3) is 0 Å². The van der Waals surface area contributed by atoms with E-state index in [0.29, 0.717) is 26.8 Å². The predicted molar refractivity (Wildman–Crippen MR) is 79.6 cm³/mol. The van der Waals surface area contributed by atoms with E-state index in [1.165, 1.54) is 7.05 Å². The quantitative estimate of drug-likeness (QED) is 0.915. The molecule has 0 radical (unpaired) electrons. The summed E-state index contributed by atoms with van der Waals surface area (Å²) in [4.78, 5) is 23.9. The summed E-state index contributed by atoms with van der Waals surface area (Å²) in [5.74, 6) is -0.585. The van der Waals surface area contributed by atoms with E-state index < -0.39 is 0 Å². The molecule has 0 saturated heterocycles. The molecule has 0 spiro atoms. The van der Waals surface area contributed by atoms with Gasteiger partial charge in [0.15, 0.2) is 0 Å². The first-order chi connectivity index (χ1) is 9.52. The Morgan fingerprint density at radius 2 is 1.85 bits per heavy atom. The number of rotatable bonds is 3. The molecule has 7 heteroatoms. The number of carbonyl (C=O) groups excluding carboxylic acids is 2. The third-order valence-corrected chi connectivity index (χ3v) is 3.76. The van der Waals surface area contributed by atoms with Gasteiger partial charge in [-0.1, -0.05) is 11.6 Å². The molecule has 1 aromatic heterocycles. The van der Waals surface area contributed by atoms with Gasteiger partial charge in [-0.3, -0.25) is 9.59 Å². The Hall–Kier alpha value is -1.92. The van der Waals surface area contributed by atoms with Gasteiger partial charge < -0.3 is 10.6 Å². The molecule has 0 atom stereocenters. The fraction of sp³-hybridized carbons (Fsp3) is 0.154. The molecule has 0 unspecified atom stereocenters. The highest BCUT2D eigenvalue weighted by Gasteiger charge is 2.19. The van der Waals surface area contributed by atoms with Gasteiger partial charge in [-0.2, -0.15) is 4.37 Å². The molecule has 0 saturated carbocycles. The average Bonchev–Trinajstić information content (AvgIpc) is 2.79. The van der Waals surface area contributed by atoms with Crippen LogP contribution in [0.4, 0.5) is 5.00 Å². The molecule has 5 nitrogen and oxygen atoms in total. The molecule has 0 aliphatic carbocycles. The molecular weight excluding hydrogens is 298 g/mol. The number of nitrogens with one attached hydrogen (secondary N) is 2. The third-order valence-electron chi connectivity index (χ3n) is 2.65. The van der Waals surface area contributed by atoms with E-state index in [-0.39, 0.29) is 11.8 Å². The second-order valence-corrected chi connectivity index (χ2v) is 5.22.